The van der Waals surface area contributed by atoms with E-state index in [2.05, 4.69) is 22.6 Å². The highest BCUT2D eigenvalue weighted by Gasteiger charge is 2.14. The summed E-state index contributed by atoms with van der Waals surface area (Å²) in [7, 11) is 0. The van der Waals surface area contributed by atoms with Gasteiger partial charge in [-0.05, 0) is 23.1 Å². The maximum Gasteiger partial charge on any atom is 0.0910 e. The molecule has 0 saturated carbocycles. The molecule has 2 aliphatic heterocycles. The Morgan fingerprint density at radius 2 is 2.67 bits per heavy atom. The minimum Gasteiger partial charge on any atom is -0.281 e. The molecule has 0 aromatic heterocycles. The number of nitrogens with zero attached hydrogens (tertiary/aromatic N) is 1. The van der Waals surface area contributed by atoms with E-state index < -0.39 is 0 Å². The van der Waals surface area contributed by atoms with Gasteiger partial charge in [-0.25, -0.2) is 0 Å². The van der Waals surface area contributed by atoms with Gasteiger partial charge in [0.15, 0.2) is 0 Å². The number of hydrogen-bond acceptors (Lipinski definition) is 2. The molecule has 2 rings (SSSR count). The number of rotatable bonds is 0. The van der Waals surface area contributed by atoms with Crippen molar-refractivity contribution in [3.8, 4) is 0 Å². The molecule has 2 heterocycles. The summed E-state index contributed by atoms with van der Waals surface area (Å²) < 4.78 is 0. The molecule has 0 fully saturated rings. The van der Waals surface area contributed by atoms with Crippen molar-refractivity contribution in [3.63, 3.8) is 0 Å². The molecule has 0 bridgehead atoms. The molecule has 1 atom stereocenters. The van der Waals surface area contributed by atoms with E-state index in [0.717, 1.165) is 5.75 Å². The van der Waals surface area contributed by atoms with Gasteiger partial charge >= 0.3 is 0 Å². The number of hydrogen-bond donors (Lipinski definition) is 0. The quantitative estimate of drug-likeness (QED) is 0.494. The Bertz CT molecular complexity index is 203. The Balaban J connectivity index is 2.31. The van der Waals surface area contributed by atoms with Crippen molar-refractivity contribution < 1.29 is 0 Å². The fraction of sp³-hybridized carbons (Fsp3) is 0.286. The molecular weight excluding hydrogens is 130 g/mol. The van der Waals surface area contributed by atoms with Crippen LogP contribution in [-0.2, 0) is 0 Å². The van der Waals surface area contributed by atoms with E-state index >= 15 is 0 Å². The average molecular weight is 137 g/mol. The fourth-order valence-electron chi connectivity index (χ4n) is 1.01. The van der Waals surface area contributed by atoms with Crippen molar-refractivity contribution >= 4 is 18.0 Å². The second-order valence-corrected chi connectivity index (χ2v) is 3.02. The lowest BCUT2D eigenvalue weighted by molar-refractivity contribution is 0.981. The number of allylic oxidation sites excluding steroid dienone is 1. The minimum atomic E-state index is 0.395. The number of fused-ring (bicyclic) bond motifs is 1. The highest BCUT2D eigenvalue weighted by Crippen LogP contribution is 2.24. The van der Waals surface area contributed by atoms with Crippen LogP contribution in [0.25, 0.3) is 0 Å². The van der Waals surface area contributed by atoms with Gasteiger partial charge in [0.25, 0.3) is 0 Å². The van der Waals surface area contributed by atoms with Crippen LogP contribution < -0.4 is 0 Å². The first-order valence-electron chi connectivity index (χ1n) is 2.97. The molecule has 9 heavy (non-hydrogen) atoms. The Kier molecular flexibility index (Phi) is 1.19. The van der Waals surface area contributed by atoms with Gasteiger partial charge in [0.05, 0.1) is 6.04 Å². The van der Waals surface area contributed by atoms with Crippen LogP contribution in [0.1, 0.15) is 0 Å². The number of aliphatic imine (C=N–C) groups is 1. The van der Waals surface area contributed by atoms with E-state index in [0.29, 0.717) is 6.04 Å². The molecule has 1 unspecified atom stereocenters. The molecule has 0 N–H and O–H groups in total. The predicted molar refractivity (Wildman–Crippen MR) is 42.0 cm³/mol. The summed E-state index contributed by atoms with van der Waals surface area (Å²) in [5, 5.41) is 2.13. The lowest BCUT2D eigenvalue weighted by Gasteiger charge is -2.10. The molecule has 0 aromatic carbocycles. The van der Waals surface area contributed by atoms with Crippen LogP contribution in [0.2, 0.25) is 0 Å². The molecule has 0 spiro atoms. The van der Waals surface area contributed by atoms with E-state index in [1.807, 2.05) is 18.0 Å². The largest absolute Gasteiger partial charge is 0.281 e. The van der Waals surface area contributed by atoms with Crippen LogP contribution >= 0.6 is 11.8 Å². The van der Waals surface area contributed by atoms with Gasteiger partial charge in [0.1, 0.15) is 0 Å². The van der Waals surface area contributed by atoms with Crippen LogP contribution in [0, 0.1) is 0 Å². The third kappa shape index (κ3) is 0.833. The first-order valence-corrected chi connectivity index (χ1v) is 4.02. The SMILES string of the molecule is C1=CC2N=CC=C2CS1. The molecule has 2 heteroatoms. The van der Waals surface area contributed by atoms with E-state index in [9.17, 15) is 0 Å². The van der Waals surface area contributed by atoms with Crippen molar-refractivity contribution in [1.29, 1.82) is 0 Å². The molecule has 0 aliphatic carbocycles. The van der Waals surface area contributed by atoms with Gasteiger partial charge in [-0.15, -0.1) is 11.8 Å². The summed E-state index contributed by atoms with van der Waals surface area (Å²) in [6.07, 6.45) is 6.15. The van der Waals surface area contributed by atoms with Gasteiger partial charge in [-0.1, -0.05) is 0 Å². The van der Waals surface area contributed by atoms with Crippen LogP contribution in [0.4, 0.5) is 0 Å². The predicted octanol–water partition coefficient (Wildman–Crippen LogP) is 1.63. The van der Waals surface area contributed by atoms with Gasteiger partial charge in [0.2, 0.25) is 0 Å². The Morgan fingerprint density at radius 3 is 3.56 bits per heavy atom. The topological polar surface area (TPSA) is 12.4 Å². The molecule has 0 radical (unpaired) electrons. The monoisotopic (exact) mass is 137 g/mol. The van der Waals surface area contributed by atoms with Crippen LogP contribution in [0.15, 0.2) is 28.1 Å². The third-order valence-electron chi connectivity index (χ3n) is 1.52. The van der Waals surface area contributed by atoms with Gasteiger partial charge in [0, 0.05) is 12.0 Å². The molecule has 46 valence electrons. The fourth-order valence-corrected chi connectivity index (χ4v) is 1.82. The summed E-state index contributed by atoms with van der Waals surface area (Å²) in [6.45, 7) is 0. The van der Waals surface area contributed by atoms with Crippen LogP contribution in [-0.4, -0.2) is 18.0 Å². The van der Waals surface area contributed by atoms with Crippen molar-refractivity contribution in [2.75, 3.05) is 5.75 Å². The Labute approximate surface area is 58.6 Å². The van der Waals surface area contributed by atoms with E-state index in [4.69, 9.17) is 0 Å². The summed E-state index contributed by atoms with van der Waals surface area (Å²) in [5.41, 5.74) is 1.45. The normalized spacial score (nSPS) is 30.2. The van der Waals surface area contributed by atoms with Gasteiger partial charge in [-0.2, -0.15) is 0 Å². The van der Waals surface area contributed by atoms with Crippen LogP contribution in [0.5, 0.6) is 0 Å². The molecular formula is C7H7NS. The second kappa shape index (κ2) is 2.03. The third-order valence-corrected chi connectivity index (χ3v) is 2.37. The molecule has 2 aliphatic rings. The summed E-state index contributed by atoms with van der Waals surface area (Å²) in [6, 6.07) is 0.395. The van der Waals surface area contributed by atoms with Crippen molar-refractivity contribution in [1.82, 2.24) is 0 Å². The summed E-state index contributed by atoms with van der Waals surface area (Å²) in [4.78, 5) is 4.24. The van der Waals surface area contributed by atoms with Crippen molar-refractivity contribution in [2.24, 2.45) is 4.99 Å². The highest BCUT2D eigenvalue weighted by molar-refractivity contribution is 8.02. The molecule has 0 saturated heterocycles. The molecule has 1 nitrogen and oxygen atoms in total. The summed E-state index contributed by atoms with van der Waals surface area (Å²) in [5.74, 6) is 1.13. The molecule has 0 amide bonds. The average Bonchev–Trinajstić information content (AvgIpc) is 2.33. The zero-order valence-corrected chi connectivity index (χ0v) is 5.77. The second-order valence-electron chi connectivity index (χ2n) is 2.12. The zero-order valence-electron chi connectivity index (χ0n) is 4.95. The Morgan fingerprint density at radius 1 is 1.67 bits per heavy atom. The zero-order chi connectivity index (χ0) is 6.10. The standard InChI is InChI=1S/C7H7NS/c1-3-8-7-2-4-9-5-6(1)7/h1-4,7H,5H2. The van der Waals surface area contributed by atoms with Crippen molar-refractivity contribution in [2.45, 2.75) is 6.04 Å². The lowest BCUT2D eigenvalue weighted by Crippen LogP contribution is -2.05. The van der Waals surface area contributed by atoms with Crippen molar-refractivity contribution in [3.05, 3.63) is 23.1 Å². The lowest BCUT2D eigenvalue weighted by atomic mass is 10.1. The highest BCUT2D eigenvalue weighted by atomic mass is 32.2. The molecule has 0 aromatic rings. The van der Waals surface area contributed by atoms with Crippen LogP contribution in [0.3, 0.4) is 0 Å². The van der Waals surface area contributed by atoms with E-state index in [-0.39, 0.29) is 0 Å². The maximum atomic E-state index is 4.24. The maximum absolute atomic E-state index is 4.24. The Hall–Kier alpha value is -0.500. The van der Waals surface area contributed by atoms with E-state index in [1.165, 1.54) is 5.57 Å². The summed E-state index contributed by atoms with van der Waals surface area (Å²) >= 11 is 1.84. The van der Waals surface area contributed by atoms with E-state index in [1.54, 1.807) is 0 Å². The first-order chi connectivity index (χ1) is 4.47. The van der Waals surface area contributed by atoms with Gasteiger partial charge < -0.3 is 0 Å². The smallest absolute Gasteiger partial charge is 0.0910 e. The van der Waals surface area contributed by atoms with Gasteiger partial charge in [-0.3, -0.25) is 4.99 Å². The first kappa shape index (κ1) is 5.30. The minimum absolute atomic E-state index is 0.395. The number of thioether (sulfide) groups is 1.